The number of rotatable bonds is 8. The summed E-state index contributed by atoms with van der Waals surface area (Å²) in [5.41, 5.74) is 0.657. The van der Waals surface area contributed by atoms with Gasteiger partial charge < -0.3 is 20.4 Å². The molecule has 8 nitrogen and oxygen atoms in total. The molecule has 3 fully saturated rings. The van der Waals surface area contributed by atoms with Gasteiger partial charge in [-0.1, -0.05) is 0 Å². The highest BCUT2D eigenvalue weighted by Crippen LogP contribution is 2.37. The zero-order valence-corrected chi connectivity index (χ0v) is 23.5. The summed E-state index contributed by atoms with van der Waals surface area (Å²) >= 11 is 0. The van der Waals surface area contributed by atoms with Crippen molar-refractivity contribution in [2.24, 2.45) is 5.92 Å². The Kier molecular flexibility index (Phi) is 10.00. The standard InChI is InChI=1S/C27H43F2N5O3S/c1-32(27(35)31-24-3-10-30-11-4-24)25-7-12-33(13-8-25)14-9-26(21-17-22(28)19-23(29)18-21)20-5-15-34(16-6-20)38(2,36)37/h17-20,24-26,30H,3-16H2,1-2H3,(H,31,35). The predicted molar refractivity (Wildman–Crippen MR) is 145 cm³/mol. The van der Waals surface area contributed by atoms with Crippen LogP contribution in [0.3, 0.4) is 0 Å². The third kappa shape index (κ3) is 7.86. The molecular weight excluding hydrogens is 512 g/mol. The molecule has 0 bridgehead atoms. The minimum absolute atomic E-state index is 0.00369. The third-order valence-electron chi connectivity index (χ3n) is 8.70. The van der Waals surface area contributed by atoms with E-state index in [2.05, 4.69) is 15.5 Å². The molecule has 4 rings (SSSR count). The SMILES string of the molecule is CN(C(=O)NC1CCNCC1)C1CCN(CCC(c2cc(F)cc(F)c2)C2CCN(S(C)(=O)=O)CC2)CC1. The number of urea groups is 1. The van der Waals surface area contributed by atoms with Crippen LogP contribution in [0.2, 0.25) is 0 Å². The first-order chi connectivity index (χ1) is 18.1. The van der Waals surface area contributed by atoms with E-state index in [1.165, 1.54) is 22.7 Å². The van der Waals surface area contributed by atoms with Gasteiger partial charge in [0, 0.05) is 51.4 Å². The Bertz CT molecular complexity index is 1020. The van der Waals surface area contributed by atoms with Gasteiger partial charge in [-0.2, -0.15) is 0 Å². The van der Waals surface area contributed by atoms with Crippen LogP contribution in [0.25, 0.3) is 0 Å². The molecule has 1 aromatic rings. The number of nitrogens with one attached hydrogen (secondary N) is 2. The lowest BCUT2D eigenvalue weighted by Gasteiger charge is -2.39. The monoisotopic (exact) mass is 555 g/mol. The van der Waals surface area contributed by atoms with Crippen LogP contribution < -0.4 is 10.6 Å². The average molecular weight is 556 g/mol. The number of hydrogen-bond acceptors (Lipinski definition) is 5. The molecule has 3 aliphatic rings. The normalized spacial score (nSPS) is 22.3. The maximum absolute atomic E-state index is 14.1. The highest BCUT2D eigenvalue weighted by molar-refractivity contribution is 7.88. The van der Waals surface area contributed by atoms with E-state index in [0.29, 0.717) is 31.5 Å². The first-order valence-corrected chi connectivity index (χ1v) is 15.8. The molecule has 1 unspecified atom stereocenters. The number of carbonyl (C=O) groups is 1. The summed E-state index contributed by atoms with van der Waals surface area (Å²) in [5.74, 6) is -1.04. The van der Waals surface area contributed by atoms with E-state index in [4.69, 9.17) is 0 Å². The van der Waals surface area contributed by atoms with E-state index in [1.54, 1.807) is 0 Å². The van der Waals surface area contributed by atoms with Gasteiger partial charge in [-0.15, -0.1) is 0 Å². The minimum Gasteiger partial charge on any atom is -0.335 e. The van der Waals surface area contributed by atoms with Crippen LogP contribution in [0.5, 0.6) is 0 Å². The van der Waals surface area contributed by atoms with Crippen LogP contribution in [-0.4, -0.2) is 99.8 Å². The summed E-state index contributed by atoms with van der Waals surface area (Å²) in [5, 5.41) is 6.49. The van der Waals surface area contributed by atoms with Crippen LogP contribution in [0.1, 0.15) is 56.4 Å². The number of halogens is 2. The second kappa shape index (κ2) is 13.0. The Hall–Kier alpha value is -1.82. The number of sulfonamides is 1. The molecule has 0 spiro atoms. The number of nitrogens with zero attached hydrogens (tertiary/aromatic N) is 3. The van der Waals surface area contributed by atoms with Crippen LogP contribution in [0.15, 0.2) is 18.2 Å². The van der Waals surface area contributed by atoms with Crippen LogP contribution in [0.4, 0.5) is 13.6 Å². The molecule has 3 heterocycles. The summed E-state index contributed by atoms with van der Waals surface area (Å²) in [6.07, 6.45) is 7.03. The molecule has 0 aromatic heterocycles. The first-order valence-electron chi connectivity index (χ1n) is 14.0. The summed E-state index contributed by atoms with van der Waals surface area (Å²) in [7, 11) is -1.36. The van der Waals surface area contributed by atoms with E-state index in [1.807, 2.05) is 11.9 Å². The Morgan fingerprint density at radius 1 is 1.03 bits per heavy atom. The number of hydrogen-bond donors (Lipinski definition) is 2. The largest absolute Gasteiger partial charge is 0.335 e. The van der Waals surface area contributed by atoms with Crippen molar-refractivity contribution in [3.8, 4) is 0 Å². The maximum Gasteiger partial charge on any atom is 0.317 e. The lowest BCUT2D eigenvalue weighted by molar-refractivity contribution is 0.126. The van der Waals surface area contributed by atoms with Crippen molar-refractivity contribution in [2.45, 2.75) is 62.9 Å². The van der Waals surface area contributed by atoms with Crippen molar-refractivity contribution in [3.63, 3.8) is 0 Å². The molecule has 0 saturated carbocycles. The van der Waals surface area contributed by atoms with Crippen LogP contribution in [-0.2, 0) is 10.0 Å². The molecule has 3 saturated heterocycles. The van der Waals surface area contributed by atoms with E-state index in [-0.39, 0.29) is 30.0 Å². The van der Waals surface area contributed by atoms with Crippen LogP contribution >= 0.6 is 0 Å². The van der Waals surface area contributed by atoms with Gasteiger partial charge in [0.2, 0.25) is 10.0 Å². The number of carbonyl (C=O) groups excluding carboxylic acids is 1. The Balaban J connectivity index is 1.31. The van der Waals surface area contributed by atoms with Crippen molar-refractivity contribution >= 4 is 16.1 Å². The third-order valence-corrected chi connectivity index (χ3v) is 10.0. The van der Waals surface area contributed by atoms with E-state index < -0.39 is 21.7 Å². The minimum atomic E-state index is -3.24. The van der Waals surface area contributed by atoms with E-state index in [0.717, 1.165) is 70.9 Å². The fourth-order valence-electron chi connectivity index (χ4n) is 6.33. The fraction of sp³-hybridized carbons (Fsp3) is 0.741. The lowest BCUT2D eigenvalue weighted by atomic mass is 9.78. The fourth-order valence-corrected chi connectivity index (χ4v) is 7.21. The maximum atomic E-state index is 14.1. The van der Waals surface area contributed by atoms with Gasteiger partial charge in [0.15, 0.2) is 0 Å². The van der Waals surface area contributed by atoms with Crippen molar-refractivity contribution < 1.29 is 22.0 Å². The van der Waals surface area contributed by atoms with Crippen molar-refractivity contribution in [1.29, 1.82) is 0 Å². The number of piperidine rings is 3. The predicted octanol–water partition coefficient (Wildman–Crippen LogP) is 2.97. The zero-order chi connectivity index (χ0) is 27.3. The second-order valence-corrected chi connectivity index (χ2v) is 13.2. The molecular formula is C27H43F2N5O3S. The summed E-state index contributed by atoms with van der Waals surface area (Å²) in [4.78, 5) is 17.0. The summed E-state index contributed by atoms with van der Waals surface area (Å²) in [6, 6.07) is 4.19. The van der Waals surface area contributed by atoms with Gasteiger partial charge in [-0.25, -0.2) is 26.3 Å². The highest BCUT2D eigenvalue weighted by atomic mass is 32.2. The smallest absolute Gasteiger partial charge is 0.317 e. The molecule has 2 amide bonds. The molecule has 2 N–H and O–H groups in total. The van der Waals surface area contributed by atoms with Crippen molar-refractivity contribution in [2.75, 3.05) is 59.1 Å². The Morgan fingerprint density at radius 2 is 1.63 bits per heavy atom. The summed E-state index contributed by atoms with van der Waals surface area (Å²) in [6.45, 7) is 5.29. The number of likely N-dealkylation sites (tertiary alicyclic amines) is 1. The molecule has 214 valence electrons. The van der Waals surface area contributed by atoms with Gasteiger partial charge in [0.1, 0.15) is 11.6 Å². The summed E-state index contributed by atoms with van der Waals surface area (Å²) < 4.78 is 53.7. The zero-order valence-electron chi connectivity index (χ0n) is 22.7. The van der Waals surface area contributed by atoms with Crippen molar-refractivity contribution in [1.82, 2.24) is 24.7 Å². The van der Waals surface area contributed by atoms with E-state index >= 15 is 0 Å². The van der Waals surface area contributed by atoms with Gasteiger partial charge in [0.05, 0.1) is 6.26 Å². The topological polar surface area (TPSA) is 85.0 Å². The van der Waals surface area contributed by atoms with Crippen molar-refractivity contribution in [3.05, 3.63) is 35.4 Å². The number of amides is 2. The average Bonchev–Trinajstić information content (AvgIpc) is 2.88. The first kappa shape index (κ1) is 29.2. The quantitative estimate of drug-likeness (QED) is 0.515. The molecule has 38 heavy (non-hydrogen) atoms. The molecule has 3 aliphatic heterocycles. The highest BCUT2D eigenvalue weighted by Gasteiger charge is 2.32. The van der Waals surface area contributed by atoms with Gasteiger partial charge in [0.25, 0.3) is 0 Å². The van der Waals surface area contributed by atoms with Crippen LogP contribution in [0, 0.1) is 17.6 Å². The molecule has 0 aliphatic carbocycles. The van der Waals surface area contributed by atoms with Gasteiger partial charge >= 0.3 is 6.03 Å². The lowest BCUT2D eigenvalue weighted by Crippen LogP contribution is -2.52. The second-order valence-electron chi connectivity index (χ2n) is 11.3. The molecule has 0 radical (unpaired) electrons. The Labute approximate surface area is 226 Å². The van der Waals surface area contributed by atoms with Gasteiger partial charge in [-0.05, 0) is 94.1 Å². The Morgan fingerprint density at radius 3 is 2.21 bits per heavy atom. The number of benzene rings is 1. The molecule has 1 aromatic carbocycles. The molecule has 1 atom stereocenters. The molecule has 11 heteroatoms. The van der Waals surface area contributed by atoms with E-state index in [9.17, 15) is 22.0 Å². The van der Waals surface area contributed by atoms with Gasteiger partial charge in [-0.3, -0.25) is 0 Å².